The molecule has 0 fully saturated rings. The lowest BCUT2D eigenvalue weighted by atomic mass is 10.0. The number of hydrogen-bond donors (Lipinski definition) is 0. The molecule has 3 heteroatoms. The fourth-order valence-corrected chi connectivity index (χ4v) is 5.78. The van der Waals surface area contributed by atoms with Crippen molar-refractivity contribution in [3.8, 4) is 0 Å². The van der Waals surface area contributed by atoms with E-state index in [1.54, 1.807) is 0 Å². The van der Waals surface area contributed by atoms with Crippen LogP contribution in [0.5, 0.6) is 0 Å². The molecule has 0 radical (unpaired) electrons. The topological polar surface area (TPSA) is 26.3 Å². The van der Waals surface area contributed by atoms with Gasteiger partial charge < -0.3 is 4.74 Å². The van der Waals surface area contributed by atoms with Gasteiger partial charge in [-0.3, -0.25) is 4.79 Å². The lowest BCUT2D eigenvalue weighted by Crippen LogP contribution is -2.07. The van der Waals surface area contributed by atoms with E-state index in [4.69, 9.17) is 4.74 Å². The Bertz CT molecular complexity index is 412. The molecule has 0 unspecified atom stereocenters. The second kappa shape index (κ2) is 32.8. The summed E-state index contributed by atoms with van der Waals surface area (Å²) in [6.07, 6.45) is 36.5. The summed E-state index contributed by atoms with van der Waals surface area (Å²) in [5.41, 5.74) is 0. The van der Waals surface area contributed by atoms with Gasteiger partial charge in [-0.2, -0.15) is 11.8 Å². The Morgan fingerprint density at radius 1 is 0.444 bits per heavy atom. The van der Waals surface area contributed by atoms with Crippen LogP contribution in [0, 0.1) is 0 Å². The van der Waals surface area contributed by atoms with Crippen LogP contribution in [0.25, 0.3) is 0 Å². The Balaban J connectivity index is 3.13. The molecule has 0 rings (SSSR count). The predicted octanol–water partition coefficient (Wildman–Crippen LogP) is 11.8. The highest BCUT2D eigenvalue weighted by molar-refractivity contribution is 7.99. The maximum atomic E-state index is 11.9. The van der Waals surface area contributed by atoms with Crippen molar-refractivity contribution in [2.75, 3.05) is 18.1 Å². The van der Waals surface area contributed by atoms with Crippen LogP contribution < -0.4 is 0 Å². The van der Waals surface area contributed by atoms with E-state index in [-0.39, 0.29) is 5.97 Å². The van der Waals surface area contributed by atoms with Crippen molar-refractivity contribution in [2.24, 2.45) is 0 Å². The van der Waals surface area contributed by atoms with E-state index in [0.29, 0.717) is 13.0 Å². The van der Waals surface area contributed by atoms with E-state index in [9.17, 15) is 4.79 Å². The van der Waals surface area contributed by atoms with E-state index < -0.39 is 0 Å². The third kappa shape index (κ3) is 31.8. The highest BCUT2D eigenvalue weighted by atomic mass is 32.2. The molecule has 36 heavy (non-hydrogen) atoms. The van der Waals surface area contributed by atoms with Gasteiger partial charge in [0.25, 0.3) is 0 Å². The van der Waals surface area contributed by atoms with Gasteiger partial charge in [0.1, 0.15) is 0 Å². The van der Waals surface area contributed by atoms with Gasteiger partial charge in [-0.05, 0) is 18.6 Å². The van der Waals surface area contributed by atoms with Gasteiger partial charge in [0.05, 0.1) is 13.0 Å². The second-order valence-electron chi connectivity index (χ2n) is 11.1. The maximum absolute atomic E-state index is 11.9. The number of unbranched alkanes of at least 4 members (excludes halogenated alkanes) is 24. The molecule has 0 amide bonds. The molecule has 0 bridgehead atoms. The average Bonchev–Trinajstić information content (AvgIpc) is 2.88. The van der Waals surface area contributed by atoms with Gasteiger partial charge in [-0.25, -0.2) is 0 Å². The Kier molecular flexibility index (Phi) is 32.7. The molecule has 0 aromatic carbocycles. The van der Waals surface area contributed by atoms with E-state index in [0.717, 1.165) is 12.2 Å². The van der Waals surface area contributed by atoms with Gasteiger partial charge >= 0.3 is 5.97 Å². The van der Waals surface area contributed by atoms with Crippen molar-refractivity contribution in [1.82, 2.24) is 0 Å². The van der Waals surface area contributed by atoms with Crippen LogP contribution in [-0.2, 0) is 9.53 Å². The van der Waals surface area contributed by atoms with Crippen LogP contribution >= 0.6 is 11.8 Å². The van der Waals surface area contributed by atoms with Gasteiger partial charge in [0, 0.05) is 5.75 Å². The third-order valence-electron chi connectivity index (χ3n) is 7.35. The smallest absolute Gasteiger partial charge is 0.306 e. The van der Waals surface area contributed by atoms with Gasteiger partial charge in [0.2, 0.25) is 0 Å². The lowest BCUT2D eigenvalue weighted by molar-refractivity contribution is -0.143. The van der Waals surface area contributed by atoms with Crippen molar-refractivity contribution in [3.63, 3.8) is 0 Å². The number of carbonyl (C=O) groups excluding carboxylic acids is 1. The first-order valence-electron chi connectivity index (χ1n) is 16.5. The lowest BCUT2D eigenvalue weighted by Gasteiger charge is -2.06. The van der Waals surface area contributed by atoms with Crippen LogP contribution in [0.15, 0.2) is 0 Å². The van der Waals surface area contributed by atoms with Gasteiger partial charge in [-0.15, -0.1) is 0 Å². The van der Waals surface area contributed by atoms with E-state index >= 15 is 0 Å². The maximum Gasteiger partial charge on any atom is 0.306 e. The predicted molar refractivity (Wildman–Crippen MR) is 164 cm³/mol. The van der Waals surface area contributed by atoms with E-state index in [1.165, 1.54) is 166 Å². The molecule has 2 nitrogen and oxygen atoms in total. The number of ether oxygens (including phenoxy) is 1. The van der Waals surface area contributed by atoms with Crippen molar-refractivity contribution in [2.45, 2.75) is 187 Å². The molecule has 216 valence electrons. The zero-order valence-corrected chi connectivity index (χ0v) is 25.8. The van der Waals surface area contributed by atoms with E-state index in [1.807, 2.05) is 11.8 Å². The molecule has 0 aromatic heterocycles. The summed E-state index contributed by atoms with van der Waals surface area (Å²) in [5.74, 6) is 2.13. The quantitative estimate of drug-likeness (QED) is 0.0663. The van der Waals surface area contributed by atoms with Crippen molar-refractivity contribution in [3.05, 3.63) is 0 Å². The minimum Gasteiger partial charge on any atom is -0.466 e. The second-order valence-corrected chi connectivity index (χ2v) is 12.3. The molecule has 0 N–H and O–H groups in total. The first-order chi connectivity index (χ1) is 17.8. The third-order valence-corrected chi connectivity index (χ3v) is 8.42. The van der Waals surface area contributed by atoms with Crippen LogP contribution in [0.1, 0.15) is 187 Å². The summed E-state index contributed by atoms with van der Waals surface area (Å²) >= 11 is 1.93. The van der Waals surface area contributed by atoms with Crippen LogP contribution in [0.3, 0.4) is 0 Å². The summed E-state index contributed by atoms with van der Waals surface area (Å²) in [7, 11) is 0. The number of hydrogen-bond acceptors (Lipinski definition) is 3. The van der Waals surface area contributed by atoms with Crippen LogP contribution in [0.2, 0.25) is 0 Å². The molecule has 0 aliphatic heterocycles. The molecule has 0 saturated heterocycles. The number of rotatable bonds is 31. The average molecular weight is 527 g/mol. The number of thioether (sulfide) groups is 1. The molecular weight excluding hydrogens is 460 g/mol. The van der Waals surface area contributed by atoms with E-state index in [2.05, 4.69) is 13.8 Å². The fourth-order valence-electron chi connectivity index (χ4n) is 4.86. The highest BCUT2D eigenvalue weighted by Crippen LogP contribution is 2.15. The molecule has 0 spiro atoms. The molecule has 0 aromatic rings. The Morgan fingerprint density at radius 3 is 1.17 bits per heavy atom. The zero-order chi connectivity index (χ0) is 26.2. The number of esters is 1. The standard InChI is InChI=1S/C33H66O2S/c1-3-5-7-9-11-13-15-16-17-18-19-20-22-24-26-28-31-36-32-29-33(34)35-30-27-25-23-21-14-12-10-8-6-4-2/h3-32H2,1-2H3. The molecule has 0 aliphatic carbocycles. The van der Waals surface area contributed by atoms with Crippen molar-refractivity contribution >= 4 is 17.7 Å². The van der Waals surface area contributed by atoms with Gasteiger partial charge in [0.15, 0.2) is 0 Å². The summed E-state index contributed by atoms with van der Waals surface area (Å²) < 4.78 is 5.40. The Labute approximate surface area is 232 Å². The fraction of sp³-hybridized carbons (Fsp3) is 0.970. The molecular formula is C33H66O2S. The summed E-state index contributed by atoms with van der Waals surface area (Å²) in [6.45, 7) is 5.19. The Hall–Kier alpha value is -0.180. The first-order valence-corrected chi connectivity index (χ1v) is 17.7. The molecule has 0 aliphatic rings. The first kappa shape index (κ1) is 35.8. The van der Waals surface area contributed by atoms with Gasteiger partial charge in [-0.1, -0.05) is 168 Å². The molecule has 0 heterocycles. The zero-order valence-electron chi connectivity index (χ0n) is 24.9. The molecule has 0 saturated carbocycles. The number of carbonyl (C=O) groups is 1. The highest BCUT2D eigenvalue weighted by Gasteiger charge is 2.03. The van der Waals surface area contributed by atoms with Crippen LogP contribution in [-0.4, -0.2) is 24.1 Å². The largest absolute Gasteiger partial charge is 0.466 e. The minimum absolute atomic E-state index is 0.00500. The van der Waals surface area contributed by atoms with Crippen molar-refractivity contribution in [1.29, 1.82) is 0 Å². The van der Waals surface area contributed by atoms with Crippen molar-refractivity contribution < 1.29 is 9.53 Å². The normalized spacial score (nSPS) is 11.3. The minimum atomic E-state index is 0.00500. The summed E-state index contributed by atoms with van der Waals surface area (Å²) in [6, 6.07) is 0. The SMILES string of the molecule is CCCCCCCCCCCCCCCCCCSCCC(=O)OCCCCCCCCCCCC. The Morgan fingerprint density at radius 2 is 0.778 bits per heavy atom. The summed E-state index contributed by atoms with van der Waals surface area (Å²) in [5, 5.41) is 0. The molecule has 0 atom stereocenters. The van der Waals surface area contributed by atoms with Crippen LogP contribution in [0.4, 0.5) is 0 Å². The monoisotopic (exact) mass is 526 g/mol. The summed E-state index contributed by atoms with van der Waals surface area (Å²) in [4.78, 5) is 11.9.